The van der Waals surface area contributed by atoms with Gasteiger partial charge in [0.15, 0.2) is 0 Å². The molecule has 0 saturated heterocycles. The summed E-state index contributed by atoms with van der Waals surface area (Å²) in [6.45, 7) is 0. The first-order valence-corrected chi connectivity index (χ1v) is 5.80. The third-order valence-electron chi connectivity index (χ3n) is 2.29. The predicted molar refractivity (Wildman–Crippen MR) is 68.2 cm³/mol. The molecule has 7 heteroatoms. The van der Waals surface area contributed by atoms with Crippen molar-refractivity contribution in [2.24, 2.45) is 0 Å². The fourth-order valence-corrected chi connectivity index (χ4v) is 1.95. The number of nitriles is 1. The van der Waals surface area contributed by atoms with Gasteiger partial charge < -0.3 is 10.6 Å². The summed E-state index contributed by atoms with van der Waals surface area (Å²) in [5.74, 6) is -0.306. The topological polar surface area (TPSA) is 95.9 Å². The summed E-state index contributed by atoms with van der Waals surface area (Å²) in [5, 5.41) is 16.6. The fraction of sp³-hybridized carbons (Fsp3) is 0.0909. The molecule has 1 aromatic carbocycles. The van der Waals surface area contributed by atoms with Crippen LogP contribution in [0.1, 0.15) is 15.4 Å². The molecular weight excluding hydrogens is 250 g/mol. The molecular formula is C11H9N5OS. The number of amides is 1. The molecule has 0 aliphatic carbocycles. The molecule has 0 aliphatic rings. The number of carbonyl (C=O) groups excluding carboxylic acids is 1. The summed E-state index contributed by atoms with van der Waals surface area (Å²) in [4.78, 5) is 13.5. The number of aromatic nitrogens is 2. The van der Waals surface area contributed by atoms with Crippen LogP contribution in [0.25, 0.3) is 0 Å². The second-order valence-electron chi connectivity index (χ2n) is 3.47. The minimum absolute atomic E-state index is 0.220. The van der Waals surface area contributed by atoms with Gasteiger partial charge in [-0.3, -0.25) is 4.79 Å². The van der Waals surface area contributed by atoms with Crippen molar-refractivity contribution in [3.63, 3.8) is 0 Å². The van der Waals surface area contributed by atoms with Gasteiger partial charge >= 0.3 is 0 Å². The lowest BCUT2D eigenvalue weighted by Gasteiger charge is -2.15. The standard InChI is InChI=1S/C11H9N5OS/c1-16(8-4-2-3-7(5-8)6-12)10(17)9-14-15-11(13)18-9/h2-5H,1H3,(H2,13,15). The highest BCUT2D eigenvalue weighted by Crippen LogP contribution is 2.19. The van der Waals surface area contributed by atoms with Crippen LogP contribution in [0.2, 0.25) is 0 Å². The van der Waals surface area contributed by atoms with Crippen LogP contribution in [-0.4, -0.2) is 23.2 Å². The number of carbonyl (C=O) groups is 1. The Morgan fingerprint density at radius 2 is 2.28 bits per heavy atom. The van der Waals surface area contributed by atoms with Crippen LogP contribution in [0, 0.1) is 11.3 Å². The van der Waals surface area contributed by atoms with Crippen molar-refractivity contribution in [2.45, 2.75) is 0 Å². The lowest BCUT2D eigenvalue weighted by Crippen LogP contribution is -2.26. The van der Waals surface area contributed by atoms with Gasteiger partial charge in [0.1, 0.15) is 0 Å². The third kappa shape index (κ3) is 2.28. The van der Waals surface area contributed by atoms with E-state index in [0.717, 1.165) is 11.3 Å². The van der Waals surface area contributed by atoms with Crippen LogP contribution >= 0.6 is 11.3 Å². The zero-order valence-corrected chi connectivity index (χ0v) is 10.3. The molecule has 1 heterocycles. The molecule has 90 valence electrons. The molecule has 0 atom stereocenters. The van der Waals surface area contributed by atoms with E-state index in [9.17, 15) is 4.79 Å². The lowest BCUT2D eigenvalue weighted by molar-refractivity contribution is 0.0992. The van der Waals surface area contributed by atoms with E-state index >= 15 is 0 Å². The van der Waals surface area contributed by atoms with E-state index in [0.29, 0.717) is 11.3 Å². The largest absolute Gasteiger partial charge is 0.374 e. The Morgan fingerprint density at radius 3 is 2.89 bits per heavy atom. The van der Waals surface area contributed by atoms with Crippen molar-refractivity contribution in [1.29, 1.82) is 5.26 Å². The monoisotopic (exact) mass is 259 g/mol. The molecule has 0 spiro atoms. The maximum Gasteiger partial charge on any atom is 0.289 e. The Kier molecular flexibility index (Phi) is 3.21. The molecule has 2 N–H and O–H groups in total. The minimum Gasteiger partial charge on any atom is -0.374 e. The smallest absolute Gasteiger partial charge is 0.289 e. The molecule has 0 saturated carbocycles. The second kappa shape index (κ2) is 4.81. The number of benzene rings is 1. The van der Waals surface area contributed by atoms with E-state index in [1.807, 2.05) is 6.07 Å². The Balaban J connectivity index is 2.28. The summed E-state index contributed by atoms with van der Waals surface area (Å²) < 4.78 is 0. The number of nitrogens with two attached hydrogens (primary N) is 1. The van der Waals surface area contributed by atoms with Crippen molar-refractivity contribution in [1.82, 2.24) is 10.2 Å². The highest BCUT2D eigenvalue weighted by Gasteiger charge is 2.18. The number of nitrogen functional groups attached to an aromatic ring is 1. The van der Waals surface area contributed by atoms with Gasteiger partial charge in [-0.15, -0.1) is 10.2 Å². The molecule has 1 aromatic heterocycles. The Bertz CT molecular complexity index is 630. The van der Waals surface area contributed by atoms with Crippen molar-refractivity contribution in [3.8, 4) is 6.07 Å². The van der Waals surface area contributed by atoms with Crippen LogP contribution in [0.15, 0.2) is 24.3 Å². The first-order valence-electron chi connectivity index (χ1n) is 4.99. The number of nitrogens with zero attached hydrogens (tertiary/aromatic N) is 4. The Morgan fingerprint density at radius 1 is 1.50 bits per heavy atom. The van der Waals surface area contributed by atoms with E-state index < -0.39 is 0 Å². The molecule has 0 unspecified atom stereocenters. The third-order valence-corrected chi connectivity index (χ3v) is 3.03. The van der Waals surface area contributed by atoms with Crippen LogP contribution in [0.4, 0.5) is 10.8 Å². The van der Waals surface area contributed by atoms with Gasteiger partial charge in [0, 0.05) is 12.7 Å². The van der Waals surface area contributed by atoms with Crippen LogP contribution in [0.5, 0.6) is 0 Å². The number of hydrogen-bond acceptors (Lipinski definition) is 6. The van der Waals surface area contributed by atoms with Gasteiger partial charge in [-0.2, -0.15) is 5.26 Å². The minimum atomic E-state index is -0.306. The number of rotatable bonds is 2. The van der Waals surface area contributed by atoms with Crippen LogP contribution in [0.3, 0.4) is 0 Å². The Hall–Kier alpha value is -2.46. The molecule has 2 rings (SSSR count). The van der Waals surface area contributed by atoms with Gasteiger partial charge in [0.05, 0.1) is 11.6 Å². The molecule has 1 amide bonds. The lowest BCUT2D eigenvalue weighted by atomic mass is 10.2. The average Bonchev–Trinajstić information content (AvgIpc) is 2.83. The highest BCUT2D eigenvalue weighted by atomic mass is 32.1. The quantitative estimate of drug-likeness (QED) is 0.876. The normalized spacial score (nSPS) is 9.78. The first-order chi connectivity index (χ1) is 8.61. The molecule has 0 bridgehead atoms. The predicted octanol–water partition coefficient (Wildman–Crippen LogP) is 1.27. The fourth-order valence-electron chi connectivity index (χ4n) is 1.37. The van der Waals surface area contributed by atoms with Gasteiger partial charge in [0.2, 0.25) is 10.1 Å². The van der Waals surface area contributed by atoms with Crippen LogP contribution in [-0.2, 0) is 0 Å². The first kappa shape index (κ1) is 12.0. The average molecular weight is 259 g/mol. The molecule has 0 radical (unpaired) electrons. The molecule has 6 nitrogen and oxygen atoms in total. The SMILES string of the molecule is CN(C(=O)c1nnc(N)s1)c1cccc(C#N)c1. The van der Waals surface area contributed by atoms with Gasteiger partial charge in [-0.1, -0.05) is 17.4 Å². The van der Waals surface area contributed by atoms with Gasteiger partial charge in [-0.05, 0) is 18.2 Å². The summed E-state index contributed by atoms with van der Waals surface area (Å²) in [6, 6.07) is 8.77. The molecule has 18 heavy (non-hydrogen) atoms. The number of hydrogen-bond donors (Lipinski definition) is 1. The van der Waals surface area contributed by atoms with E-state index in [-0.39, 0.29) is 16.0 Å². The van der Waals surface area contributed by atoms with Gasteiger partial charge in [0.25, 0.3) is 5.91 Å². The molecule has 0 fully saturated rings. The van der Waals surface area contributed by atoms with Crippen molar-refractivity contribution < 1.29 is 4.79 Å². The van der Waals surface area contributed by atoms with Gasteiger partial charge in [-0.25, -0.2) is 0 Å². The maximum absolute atomic E-state index is 12.1. The zero-order valence-electron chi connectivity index (χ0n) is 9.49. The van der Waals surface area contributed by atoms with E-state index in [1.54, 1.807) is 31.3 Å². The van der Waals surface area contributed by atoms with Crippen molar-refractivity contribution >= 4 is 28.1 Å². The van der Waals surface area contributed by atoms with Crippen LogP contribution < -0.4 is 10.6 Å². The summed E-state index contributed by atoms with van der Waals surface area (Å²) in [7, 11) is 1.61. The Labute approximate surface area is 107 Å². The highest BCUT2D eigenvalue weighted by molar-refractivity contribution is 7.17. The van der Waals surface area contributed by atoms with E-state index in [1.165, 1.54) is 4.90 Å². The summed E-state index contributed by atoms with van der Waals surface area (Å²) in [5.41, 5.74) is 6.54. The van der Waals surface area contributed by atoms with Crippen molar-refractivity contribution in [2.75, 3.05) is 17.7 Å². The second-order valence-corrected chi connectivity index (χ2v) is 4.48. The van der Waals surface area contributed by atoms with E-state index in [4.69, 9.17) is 11.0 Å². The zero-order chi connectivity index (χ0) is 13.1. The van der Waals surface area contributed by atoms with E-state index in [2.05, 4.69) is 10.2 Å². The summed E-state index contributed by atoms with van der Waals surface area (Å²) in [6.07, 6.45) is 0. The molecule has 2 aromatic rings. The molecule has 0 aliphatic heterocycles. The summed E-state index contributed by atoms with van der Waals surface area (Å²) >= 11 is 1.03. The van der Waals surface area contributed by atoms with Crippen molar-refractivity contribution in [3.05, 3.63) is 34.8 Å². The maximum atomic E-state index is 12.1. The number of anilines is 2.